The molecule has 0 saturated carbocycles. The third kappa shape index (κ3) is 3.24. The van der Waals surface area contributed by atoms with Crippen LogP contribution in [0.15, 0.2) is 42.5 Å². The number of rotatable bonds is 4. The molecule has 0 N–H and O–H groups in total. The van der Waals surface area contributed by atoms with Crippen molar-refractivity contribution in [1.29, 1.82) is 0 Å². The number of hydrogen-bond donors (Lipinski definition) is 0. The average Bonchev–Trinajstić information content (AvgIpc) is 3.13. The lowest BCUT2D eigenvalue weighted by Crippen LogP contribution is -2.29. The van der Waals surface area contributed by atoms with E-state index in [-0.39, 0.29) is 0 Å². The fourth-order valence-electron chi connectivity index (χ4n) is 4.93. The van der Waals surface area contributed by atoms with Crippen molar-refractivity contribution in [1.82, 2.24) is 9.80 Å². The Labute approximate surface area is 161 Å². The summed E-state index contributed by atoms with van der Waals surface area (Å²) >= 11 is 6.16. The van der Waals surface area contributed by atoms with Crippen molar-refractivity contribution in [3.8, 4) is 5.75 Å². The first-order chi connectivity index (χ1) is 12.6. The first-order valence-electron chi connectivity index (χ1n) is 9.37. The minimum absolute atomic E-state index is 0.533. The van der Waals surface area contributed by atoms with Gasteiger partial charge in [-0.3, -0.25) is 9.80 Å². The predicted octanol–water partition coefficient (Wildman–Crippen LogP) is 4.39. The van der Waals surface area contributed by atoms with Crippen molar-refractivity contribution < 1.29 is 4.74 Å². The number of nitrogens with zero attached hydrogens (tertiary/aromatic N) is 2. The molecule has 2 aromatic rings. The molecule has 0 bridgehead atoms. The molecule has 2 aromatic carbocycles. The Morgan fingerprint density at radius 1 is 1.12 bits per heavy atom. The zero-order valence-corrected chi connectivity index (χ0v) is 16.5. The van der Waals surface area contributed by atoms with Crippen LogP contribution < -0.4 is 4.74 Å². The molecule has 2 fully saturated rings. The second-order valence-electron chi connectivity index (χ2n) is 7.83. The molecule has 0 spiro atoms. The van der Waals surface area contributed by atoms with Crippen molar-refractivity contribution in [3.63, 3.8) is 0 Å². The summed E-state index contributed by atoms with van der Waals surface area (Å²) in [6, 6.07) is 15.5. The normalized spacial score (nSPS) is 26.2. The molecular weight excluding hydrogens is 344 g/mol. The fourth-order valence-corrected chi connectivity index (χ4v) is 5.12. The molecule has 138 valence electrons. The van der Waals surface area contributed by atoms with Gasteiger partial charge >= 0.3 is 0 Å². The molecule has 3 atom stereocenters. The van der Waals surface area contributed by atoms with Crippen molar-refractivity contribution in [3.05, 3.63) is 64.2 Å². The summed E-state index contributed by atoms with van der Waals surface area (Å²) in [6.45, 7) is 6.71. The summed E-state index contributed by atoms with van der Waals surface area (Å²) < 4.78 is 5.37. The number of likely N-dealkylation sites (tertiary alicyclic amines) is 2. The Balaban J connectivity index is 1.50. The standard InChI is InChI=1S/C22H27ClN2O/c1-15-6-4-5-7-18(15)22-19-14-25(13-17(19)12-24(22)2)11-16-8-9-20(23)21(10-16)26-3/h4-10,17,19,22H,11-14H2,1-3H3/t17-,19+,22+/m0/s1. The topological polar surface area (TPSA) is 15.7 Å². The van der Waals surface area contributed by atoms with Gasteiger partial charge in [0.1, 0.15) is 5.75 Å². The van der Waals surface area contributed by atoms with Crippen LogP contribution in [-0.4, -0.2) is 43.6 Å². The molecule has 0 aliphatic carbocycles. The summed E-state index contributed by atoms with van der Waals surface area (Å²) in [7, 11) is 3.96. The molecular formula is C22H27ClN2O. The lowest BCUT2D eigenvalue weighted by molar-refractivity contribution is 0.224. The van der Waals surface area contributed by atoms with Crippen LogP contribution in [0, 0.1) is 18.8 Å². The van der Waals surface area contributed by atoms with Crippen LogP contribution in [0.5, 0.6) is 5.75 Å². The number of benzene rings is 2. The molecule has 4 rings (SSSR count). The minimum Gasteiger partial charge on any atom is -0.495 e. The van der Waals surface area contributed by atoms with Gasteiger partial charge in [-0.25, -0.2) is 0 Å². The summed E-state index contributed by atoms with van der Waals surface area (Å²) in [4.78, 5) is 5.15. The van der Waals surface area contributed by atoms with Gasteiger partial charge in [-0.15, -0.1) is 0 Å². The quantitative estimate of drug-likeness (QED) is 0.793. The van der Waals surface area contributed by atoms with Crippen molar-refractivity contribution in [2.75, 3.05) is 33.8 Å². The Hall–Kier alpha value is -1.55. The monoisotopic (exact) mass is 370 g/mol. The molecule has 2 heterocycles. The van der Waals surface area contributed by atoms with Gasteiger partial charge in [0.05, 0.1) is 12.1 Å². The van der Waals surface area contributed by atoms with Gasteiger partial charge < -0.3 is 4.74 Å². The highest BCUT2D eigenvalue weighted by atomic mass is 35.5. The van der Waals surface area contributed by atoms with E-state index in [2.05, 4.69) is 60.2 Å². The van der Waals surface area contributed by atoms with E-state index < -0.39 is 0 Å². The van der Waals surface area contributed by atoms with Gasteiger partial charge in [0.25, 0.3) is 0 Å². The average molecular weight is 371 g/mol. The molecule has 0 radical (unpaired) electrons. The van der Waals surface area contributed by atoms with Gasteiger partial charge in [-0.2, -0.15) is 0 Å². The molecule has 0 amide bonds. The Kier molecular flexibility index (Phi) is 4.96. The van der Waals surface area contributed by atoms with Gasteiger partial charge in [0.2, 0.25) is 0 Å². The maximum atomic E-state index is 6.16. The number of aryl methyl sites for hydroxylation is 1. The van der Waals surface area contributed by atoms with Crippen LogP contribution >= 0.6 is 11.6 Å². The van der Waals surface area contributed by atoms with Crippen LogP contribution in [0.1, 0.15) is 22.7 Å². The SMILES string of the molecule is COc1cc(CN2C[C@@H]3CN(C)[C@H](c4ccccc4C)[C@@H]3C2)ccc1Cl. The number of hydrogen-bond acceptors (Lipinski definition) is 3. The highest BCUT2D eigenvalue weighted by Gasteiger charge is 2.46. The smallest absolute Gasteiger partial charge is 0.137 e. The Morgan fingerprint density at radius 3 is 2.69 bits per heavy atom. The number of halogens is 1. The van der Waals surface area contributed by atoms with Crippen LogP contribution in [-0.2, 0) is 6.54 Å². The molecule has 2 aliphatic rings. The summed E-state index contributed by atoms with van der Waals surface area (Å²) in [6.07, 6.45) is 0. The summed E-state index contributed by atoms with van der Waals surface area (Å²) in [5.74, 6) is 2.22. The van der Waals surface area contributed by atoms with E-state index in [4.69, 9.17) is 16.3 Å². The van der Waals surface area contributed by atoms with Crippen LogP contribution in [0.4, 0.5) is 0 Å². The lowest BCUT2D eigenvalue weighted by Gasteiger charge is -2.28. The number of fused-ring (bicyclic) bond motifs is 1. The maximum absolute atomic E-state index is 6.16. The fraction of sp³-hybridized carbons (Fsp3) is 0.455. The Bertz CT molecular complexity index is 793. The van der Waals surface area contributed by atoms with Crippen molar-refractivity contribution in [2.45, 2.75) is 19.5 Å². The maximum Gasteiger partial charge on any atom is 0.137 e. The van der Waals surface area contributed by atoms with Gasteiger partial charge in [-0.1, -0.05) is 41.9 Å². The van der Waals surface area contributed by atoms with E-state index in [9.17, 15) is 0 Å². The largest absolute Gasteiger partial charge is 0.495 e. The number of methoxy groups -OCH3 is 1. The zero-order chi connectivity index (χ0) is 18.3. The zero-order valence-electron chi connectivity index (χ0n) is 15.8. The first-order valence-corrected chi connectivity index (χ1v) is 9.75. The first kappa shape index (κ1) is 17.8. The third-order valence-electron chi connectivity index (χ3n) is 6.10. The van der Waals surface area contributed by atoms with E-state index in [0.717, 1.165) is 24.8 Å². The van der Waals surface area contributed by atoms with Gasteiger partial charge in [0, 0.05) is 32.2 Å². The molecule has 0 unspecified atom stereocenters. The van der Waals surface area contributed by atoms with Crippen LogP contribution in [0.2, 0.25) is 5.02 Å². The highest BCUT2D eigenvalue weighted by molar-refractivity contribution is 6.32. The predicted molar refractivity (Wildman–Crippen MR) is 107 cm³/mol. The molecule has 4 heteroatoms. The highest BCUT2D eigenvalue weighted by Crippen LogP contribution is 2.45. The van der Waals surface area contributed by atoms with E-state index in [1.807, 2.05) is 6.07 Å². The second-order valence-corrected chi connectivity index (χ2v) is 8.24. The Morgan fingerprint density at radius 2 is 1.92 bits per heavy atom. The molecule has 2 saturated heterocycles. The molecule has 3 nitrogen and oxygen atoms in total. The minimum atomic E-state index is 0.533. The van der Waals surface area contributed by atoms with E-state index in [1.54, 1.807) is 7.11 Å². The summed E-state index contributed by atoms with van der Waals surface area (Å²) in [5.41, 5.74) is 4.18. The third-order valence-corrected chi connectivity index (χ3v) is 6.41. The van der Waals surface area contributed by atoms with Crippen LogP contribution in [0.3, 0.4) is 0 Å². The van der Waals surface area contributed by atoms with Crippen molar-refractivity contribution in [2.24, 2.45) is 11.8 Å². The molecule has 0 aromatic heterocycles. The van der Waals surface area contributed by atoms with Gasteiger partial charge in [-0.05, 0) is 54.6 Å². The van der Waals surface area contributed by atoms with E-state index in [0.29, 0.717) is 17.0 Å². The molecule has 26 heavy (non-hydrogen) atoms. The van der Waals surface area contributed by atoms with Crippen molar-refractivity contribution >= 4 is 11.6 Å². The van der Waals surface area contributed by atoms with E-state index >= 15 is 0 Å². The lowest BCUT2D eigenvalue weighted by atomic mass is 9.88. The number of ether oxygens (including phenoxy) is 1. The van der Waals surface area contributed by atoms with E-state index in [1.165, 1.54) is 29.8 Å². The summed E-state index contributed by atoms with van der Waals surface area (Å²) in [5, 5.41) is 0.677. The second kappa shape index (κ2) is 7.22. The van der Waals surface area contributed by atoms with Crippen LogP contribution in [0.25, 0.3) is 0 Å². The van der Waals surface area contributed by atoms with Gasteiger partial charge in [0.15, 0.2) is 0 Å². The molecule has 2 aliphatic heterocycles.